The Kier molecular flexibility index (Phi) is 10.6. The summed E-state index contributed by atoms with van der Waals surface area (Å²) in [6, 6.07) is 10.4. The van der Waals surface area contributed by atoms with E-state index in [2.05, 4.69) is 25.1 Å². The lowest BCUT2D eigenvalue weighted by atomic mass is 9.78. The van der Waals surface area contributed by atoms with E-state index in [0.717, 1.165) is 62.7 Å². The Hall–Kier alpha value is -3.92. The molecule has 1 atom stereocenters. The van der Waals surface area contributed by atoms with Gasteiger partial charge < -0.3 is 19.0 Å². The van der Waals surface area contributed by atoms with Crippen molar-refractivity contribution in [3.8, 4) is 17.0 Å². The van der Waals surface area contributed by atoms with Gasteiger partial charge in [0.25, 0.3) is 0 Å². The SMILES string of the molecule is COc1ccc(C2CCC(CN(C(=O)C3CCCCC3)c3cc(-c4coc(C(C)(C)COC(=O)N5CC(O)C5(C)C)n4)ccn3)CC2)cc1C. The first-order chi connectivity index (χ1) is 23.9. The Bertz CT molecular complexity index is 1650. The lowest BCUT2D eigenvalue weighted by molar-refractivity contribution is -0.123. The third-order valence-electron chi connectivity index (χ3n) is 11.4. The molecule has 0 bridgehead atoms. The van der Waals surface area contributed by atoms with E-state index in [9.17, 15) is 14.7 Å². The van der Waals surface area contributed by atoms with Crippen LogP contribution < -0.4 is 9.64 Å². The first-order valence-corrected chi connectivity index (χ1v) is 18.4. The number of oxazole rings is 1. The van der Waals surface area contributed by atoms with E-state index in [1.165, 1.54) is 22.4 Å². The monoisotopic (exact) mass is 686 g/mol. The van der Waals surface area contributed by atoms with E-state index in [1.807, 2.05) is 44.7 Å². The van der Waals surface area contributed by atoms with Gasteiger partial charge in [-0.2, -0.15) is 0 Å². The number of carbonyl (C=O) groups excluding carboxylic acids is 2. The van der Waals surface area contributed by atoms with Crippen LogP contribution in [0.5, 0.6) is 5.75 Å². The van der Waals surface area contributed by atoms with Gasteiger partial charge in [-0.25, -0.2) is 14.8 Å². The number of aliphatic hydroxyl groups excluding tert-OH is 1. The fourth-order valence-electron chi connectivity index (χ4n) is 7.79. The first-order valence-electron chi connectivity index (χ1n) is 18.4. The molecule has 10 nitrogen and oxygen atoms in total. The van der Waals surface area contributed by atoms with Crippen molar-refractivity contribution in [3.05, 3.63) is 59.8 Å². The minimum atomic E-state index is -0.691. The van der Waals surface area contributed by atoms with Crippen molar-refractivity contribution < 1.29 is 28.6 Å². The van der Waals surface area contributed by atoms with Crippen LogP contribution in [0.1, 0.15) is 108 Å². The van der Waals surface area contributed by atoms with Crippen LogP contribution in [0, 0.1) is 18.8 Å². The van der Waals surface area contributed by atoms with Crippen LogP contribution in [-0.4, -0.2) is 70.4 Å². The van der Waals surface area contributed by atoms with E-state index in [1.54, 1.807) is 19.6 Å². The summed E-state index contributed by atoms with van der Waals surface area (Å²) < 4.78 is 17.1. The van der Waals surface area contributed by atoms with Gasteiger partial charge in [-0.05, 0) is 114 Å². The zero-order chi connectivity index (χ0) is 35.6. The average molecular weight is 687 g/mol. The highest BCUT2D eigenvalue weighted by Crippen LogP contribution is 2.39. The summed E-state index contributed by atoms with van der Waals surface area (Å²) in [5.41, 5.74) is 2.65. The summed E-state index contributed by atoms with van der Waals surface area (Å²) in [4.78, 5) is 39.9. The zero-order valence-corrected chi connectivity index (χ0v) is 30.6. The molecule has 0 radical (unpaired) electrons. The quantitative estimate of drug-likeness (QED) is 0.230. The van der Waals surface area contributed by atoms with Gasteiger partial charge in [0.2, 0.25) is 11.8 Å². The highest BCUT2D eigenvalue weighted by molar-refractivity contribution is 5.94. The molecule has 1 saturated heterocycles. The first kappa shape index (κ1) is 35.9. The maximum Gasteiger partial charge on any atom is 0.410 e. The Morgan fingerprint density at radius 3 is 2.46 bits per heavy atom. The van der Waals surface area contributed by atoms with Crippen LogP contribution in [0.15, 0.2) is 47.2 Å². The van der Waals surface area contributed by atoms with Crippen molar-refractivity contribution >= 4 is 17.8 Å². The molecule has 3 aliphatic rings. The second kappa shape index (κ2) is 14.7. The molecule has 3 aromatic rings. The number of carbonyl (C=O) groups is 2. The van der Waals surface area contributed by atoms with E-state index < -0.39 is 23.2 Å². The number of aryl methyl sites for hydroxylation is 1. The fraction of sp³-hybridized carbons (Fsp3) is 0.600. The molecule has 270 valence electrons. The number of anilines is 1. The number of benzene rings is 1. The summed E-state index contributed by atoms with van der Waals surface area (Å²) in [5, 5.41) is 10.0. The number of likely N-dealkylation sites (tertiary alicyclic amines) is 1. The minimum Gasteiger partial charge on any atom is -0.496 e. The maximum atomic E-state index is 14.2. The van der Waals surface area contributed by atoms with Gasteiger partial charge in [-0.1, -0.05) is 31.4 Å². The van der Waals surface area contributed by atoms with Gasteiger partial charge >= 0.3 is 6.09 Å². The lowest BCUT2D eigenvalue weighted by Gasteiger charge is -2.51. The average Bonchev–Trinajstić information content (AvgIpc) is 3.64. The van der Waals surface area contributed by atoms with Crippen LogP contribution in [0.2, 0.25) is 0 Å². The lowest BCUT2D eigenvalue weighted by Crippen LogP contribution is -2.69. The van der Waals surface area contributed by atoms with E-state index in [-0.39, 0.29) is 25.0 Å². The topological polar surface area (TPSA) is 118 Å². The third kappa shape index (κ3) is 7.55. The molecule has 6 rings (SSSR count). The molecule has 1 aliphatic heterocycles. The molecule has 2 aliphatic carbocycles. The van der Waals surface area contributed by atoms with Crippen LogP contribution in [-0.2, 0) is 14.9 Å². The van der Waals surface area contributed by atoms with Crippen LogP contribution in [0.25, 0.3) is 11.3 Å². The number of aliphatic hydroxyl groups is 1. The van der Waals surface area contributed by atoms with Crippen molar-refractivity contribution in [2.45, 2.75) is 115 Å². The molecule has 2 aromatic heterocycles. The van der Waals surface area contributed by atoms with Gasteiger partial charge in [0, 0.05) is 24.2 Å². The number of nitrogens with zero attached hydrogens (tertiary/aromatic N) is 4. The predicted octanol–water partition coefficient (Wildman–Crippen LogP) is 7.81. The number of β-amino-alcohol motifs (C(OH)–C–C–N with tert-alkyl or cyclic N) is 1. The molecule has 3 fully saturated rings. The van der Waals surface area contributed by atoms with Crippen molar-refractivity contribution in [2.75, 3.05) is 31.7 Å². The molecule has 1 aromatic carbocycles. The van der Waals surface area contributed by atoms with Crippen molar-refractivity contribution in [1.29, 1.82) is 0 Å². The van der Waals surface area contributed by atoms with Gasteiger partial charge in [0.15, 0.2) is 0 Å². The summed E-state index contributed by atoms with van der Waals surface area (Å²) in [5.74, 6) is 3.15. The summed E-state index contributed by atoms with van der Waals surface area (Å²) in [6.45, 7) is 10.5. The fourth-order valence-corrected chi connectivity index (χ4v) is 7.79. The largest absolute Gasteiger partial charge is 0.496 e. The zero-order valence-electron chi connectivity index (χ0n) is 30.6. The second-order valence-corrected chi connectivity index (χ2v) is 15.9. The molecule has 1 N–H and O–H groups in total. The van der Waals surface area contributed by atoms with Gasteiger partial charge in [0.1, 0.15) is 30.1 Å². The van der Waals surface area contributed by atoms with Crippen LogP contribution >= 0.6 is 0 Å². The predicted molar refractivity (Wildman–Crippen MR) is 192 cm³/mol. The Labute approximate surface area is 296 Å². The molecule has 2 saturated carbocycles. The summed E-state index contributed by atoms with van der Waals surface area (Å²) in [6.07, 6.45) is 11.9. The second-order valence-electron chi connectivity index (χ2n) is 15.9. The standard InChI is InChI=1S/C40H54N4O6/c1-26-20-30(16-17-33(26)48-6)28-14-12-27(13-15-28)22-43(36(46)29-10-8-7-9-11-29)35-21-31(18-19-41-35)32-24-49-37(42-32)39(2,3)25-50-38(47)44-23-34(45)40(44,4)5/h16-21,24,27-29,34,45H,7-15,22-23,25H2,1-6H3. The van der Waals surface area contributed by atoms with Crippen molar-refractivity contribution in [1.82, 2.24) is 14.9 Å². The highest BCUT2D eigenvalue weighted by atomic mass is 16.6. The molecular weight excluding hydrogens is 632 g/mol. The Balaban J connectivity index is 1.15. The molecule has 0 spiro atoms. The normalized spacial score (nSPS) is 22.5. The van der Waals surface area contributed by atoms with E-state index >= 15 is 0 Å². The number of amides is 2. The van der Waals surface area contributed by atoms with Crippen LogP contribution in [0.4, 0.5) is 10.6 Å². The molecule has 2 amide bonds. The smallest absolute Gasteiger partial charge is 0.410 e. The number of ether oxygens (including phenoxy) is 2. The molecular formula is C40H54N4O6. The van der Waals surface area contributed by atoms with E-state index in [4.69, 9.17) is 23.9 Å². The van der Waals surface area contributed by atoms with Gasteiger partial charge in [-0.3, -0.25) is 14.6 Å². The molecule has 3 heterocycles. The van der Waals surface area contributed by atoms with Gasteiger partial charge in [-0.15, -0.1) is 0 Å². The number of hydrogen-bond donors (Lipinski definition) is 1. The Morgan fingerprint density at radius 2 is 1.80 bits per heavy atom. The van der Waals surface area contributed by atoms with Crippen molar-refractivity contribution in [3.63, 3.8) is 0 Å². The number of aromatic nitrogens is 2. The number of rotatable bonds is 10. The highest BCUT2D eigenvalue weighted by Gasteiger charge is 2.49. The summed E-state index contributed by atoms with van der Waals surface area (Å²) in [7, 11) is 1.72. The maximum absolute atomic E-state index is 14.2. The summed E-state index contributed by atoms with van der Waals surface area (Å²) >= 11 is 0. The minimum absolute atomic E-state index is 0.0279. The molecule has 1 unspecified atom stereocenters. The van der Waals surface area contributed by atoms with Gasteiger partial charge in [0.05, 0.1) is 30.7 Å². The third-order valence-corrected chi connectivity index (χ3v) is 11.4. The van der Waals surface area contributed by atoms with Crippen molar-refractivity contribution in [2.24, 2.45) is 11.8 Å². The number of methoxy groups -OCH3 is 1. The number of pyridine rings is 1. The van der Waals surface area contributed by atoms with E-state index in [0.29, 0.717) is 35.8 Å². The Morgan fingerprint density at radius 1 is 1.06 bits per heavy atom. The molecule has 10 heteroatoms. The molecule has 50 heavy (non-hydrogen) atoms. The number of hydrogen-bond acceptors (Lipinski definition) is 8. The van der Waals surface area contributed by atoms with Crippen LogP contribution in [0.3, 0.4) is 0 Å².